The molecule has 0 aliphatic carbocycles. The Morgan fingerprint density at radius 2 is 0.341 bits per heavy atom. The number of hydrogen-bond acceptors (Lipinski definition) is 58. The Hall–Kier alpha value is -2.48. The molecule has 0 saturated carbocycles. The average molecular weight is 2280 g/mol. The van der Waals surface area contributed by atoms with E-state index < -0.39 is 360 Å². The van der Waals surface area contributed by atoms with E-state index in [1.165, 1.54) is 0 Å². The maximum Gasteiger partial charge on any atom is 0.397 e. The zero-order valence-corrected chi connectivity index (χ0v) is 77.2. The van der Waals surface area contributed by atoms with Crippen LogP contribution in [0.2, 0.25) is 0 Å². The number of ether oxygens (including phenoxy) is 10. The van der Waals surface area contributed by atoms with Crippen molar-refractivity contribution in [2.24, 2.45) is 0 Å². The minimum atomic E-state index is -7.11. The lowest BCUT2D eigenvalue weighted by Crippen LogP contribution is -2.70. The molecule has 784 valence electrons. The van der Waals surface area contributed by atoms with Crippen LogP contribution in [0.5, 0.6) is 0 Å². The van der Waals surface area contributed by atoms with E-state index in [2.05, 4.69) is 66.9 Å². The van der Waals surface area contributed by atoms with E-state index in [0.29, 0.717) is 25.7 Å². The molecule has 0 radical (unpaired) electrons. The molecule has 0 aromatic rings. The van der Waals surface area contributed by atoms with Crippen LogP contribution < -0.4 is 0 Å². The Balaban J connectivity index is 2.02. The van der Waals surface area contributed by atoms with Gasteiger partial charge in [-0.1, -0.05) is 64.7 Å². The van der Waals surface area contributed by atoms with Gasteiger partial charge in [-0.05, 0) is 6.42 Å². The van der Waals surface area contributed by atoms with Crippen LogP contribution in [0.3, 0.4) is 0 Å². The summed E-state index contributed by atoms with van der Waals surface area (Å²) in [4.78, 5) is 0. The first-order valence-electron chi connectivity index (χ1n) is 34.1. The highest BCUT2D eigenvalue weighted by molar-refractivity contribution is 7.84. The Kier molecular flexibility index (Phi) is 42.9. The summed E-state index contributed by atoms with van der Waals surface area (Å²) >= 11 is 0. The summed E-state index contributed by atoms with van der Waals surface area (Å²) in [6.07, 6.45) is -89.7. The van der Waals surface area contributed by atoms with Gasteiger partial charge in [-0.15, -0.1) is 0 Å². The fourth-order valence-electron chi connectivity index (χ4n) is 12.2. The standard InChI is InChI=1S/C42H76O74S16/c1-2-3-4-5-6-7-8-9-10-11-12-91-38-33(31(111-127(73,74)75)26(109-125(67,68)69)21(97-38)16-95-120(52,53)54)105-41-36(115-131(85,86)87)30(25(108-124(64,65)66)20(100-41)15-94-119(49,50)51)103-39-34(113-129(79,80)81)28(23(106-122(58,59)60)18(98-39)13-92-117(43,44)45)102-40-35(114-130(82,83)84)29(24(107-123(61,62)63)19(99-40)14-93-118(46,47)48)104-42-37(116-132(88,89)90)32(112-128(76,77)78)27(110-126(70,71)72)22(101-42)17-96-121(55,56)57/h18-42H,2-17H2,1H3,(H,43,44,45)(H,46,47,48)(H,49,50,51)(H,52,53,54)(H,55,56,57)(H,58,59,60)(H,61,62,63)(H,64,65,66)(H,67,68,69)(H,70,71,72)(H,73,74,75)(H,76,77,78)(H,79,80,81)(H,82,83,84)(H,85,86,87)(H,88,89,90)/t18-,19-,20-,21-,22-,23-,24-,25-,26-,27-,28+,29+,30+,31+,32+,33+,34+,35+,36+,37+,38+,39-,40-,41-,42-/m1/s1. The van der Waals surface area contributed by atoms with E-state index in [0.717, 1.165) is 25.7 Å². The molecule has 5 aliphatic rings. The van der Waals surface area contributed by atoms with Crippen molar-refractivity contribution in [3.05, 3.63) is 0 Å². The molecule has 0 aromatic carbocycles. The molecule has 0 amide bonds. The molecule has 5 aliphatic heterocycles. The molecule has 0 spiro atoms. The zero-order chi connectivity index (χ0) is 101. The summed E-state index contributed by atoms with van der Waals surface area (Å²) in [5, 5.41) is 0. The first-order chi connectivity index (χ1) is 59.3. The normalized spacial score (nSPS) is 31.4. The Bertz CT molecular complexity index is 5820. The van der Waals surface area contributed by atoms with E-state index in [4.69, 9.17) is 47.4 Å². The third-order valence-corrected chi connectivity index (χ3v) is 23.7. The van der Waals surface area contributed by atoms with E-state index in [-0.39, 0.29) is 12.8 Å². The maximum absolute atomic E-state index is 13.5. The molecule has 0 aromatic heterocycles. The lowest BCUT2D eigenvalue weighted by atomic mass is 9.95. The molecular formula is C42H76O74S16. The Morgan fingerprint density at radius 3 is 0.545 bits per heavy atom. The molecule has 132 heavy (non-hydrogen) atoms. The van der Waals surface area contributed by atoms with Gasteiger partial charge >= 0.3 is 166 Å². The minimum Gasteiger partial charge on any atom is -0.350 e. The first kappa shape index (κ1) is 120. The van der Waals surface area contributed by atoms with Crippen molar-refractivity contribution in [2.75, 3.05) is 39.6 Å². The van der Waals surface area contributed by atoms with Gasteiger partial charge in [-0.2, -0.15) is 135 Å². The summed E-state index contributed by atoms with van der Waals surface area (Å²) in [5.74, 6) is 0. The molecule has 5 saturated heterocycles. The molecule has 90 heteroatoms. The van der Waals surface area contributed by atoms with Gasteiger partial charge in [0.2, 0.25) is 0 Å². The van der Waals surface area contributed by atoms with Gasteiger partial charge in [-0.25, -0.2) is 66.9 Å². The molecular weight excluding hydrogens is 2200 g/mol. The molecule has 0 bridgehead atoms. The molecule has 74 nitrogen and oxygen atoms in total. The van der Waals surface area contributed by atoms with Crippen molar-refractivity contribution in [1.82, 2.24) is 0 Å². The number of hydrogen-bond donors (Lipinski definition) is 16. The average Bonchev–Trinajstić information content (AvgIpc) is 0.744. The quantitative estimate of drug-likeness (QED) is 0.0199. The van der Waals surface area contributed by atoms with Crippen LogP contribution in [0.4, 0.5) is 0 Å². The minimum absolute atomic E-state index is 0.0605. The topological polar surface area (TPSA) is 1110 Å². The SMILES string of the molecule is CCCCCCCCCCCCO[C@H]1O[C@H](COS(=O)(=O)O)[C@@H](OS(=O)(=O)O)[C@H](OS(=O)(=O)O)[C@@H]1O[C@H]1O[C@H](COS(=O)(=O)O)[C@@H](OS(=O)(=O)O)[C@H](O[C@H]2O[C@H](COS(=O)(=O)O)[C@@H](OS(=O)(=O)O)[C@H](O[C@H]3O[C@H](COS(=O)(=O)O)[C@@H](OS(=O)(=O)O)[C@H](O[C@H]4O[C@H](COS(=O)(=O)O)[C@@H](OS(=O)(=O)O)[C@H](OS(=O)(=O)O)[C@@H]4OS(=O)(=O)O)[C@@H]3OS(=O)(=O)O)[C@@H]2OS(=O)(=O)O)[C@@H]1OS(=O)(=O)O. The van der Waals surface area contributed by atoms with Gasteiger partial charge in [0.15, 0.2) is 55.9 Å². The van der Waals surface area contributed by atoms with Gasteiger partial charge in [0, 0.05) is 6.61 Å². The second kappa shape index (κ2) is 47.2. The predicted molar refractivity (Wildman–Crippen MR) is 389 cm³/mol. The fourth-order valence-corrected chi connectivity index (χ4v) is 19.2. The molecule has 5 fully saturated rings. The van der Waals surface area contributed by atoms with Gasteiger partial charge < -0.3 is 47.4 Å². The summed E-state index contributed by atoms with van der Waals surface area (Å²) in [7, 11) is -106. The zero-order valence-electron chi connectivity index (χ0n) is 64.1. The molecule has 5 rings (SSSR count). The maximum atomic E-state index is 13.5. The summed E-state index contributed by atoms with van der Waals surface area (Å²) in [6, 6.07) is 0. The Morgan fingerprint density at radius 1 is 0.182 bits per heavy atom. The molecule has 25 atom stereocenters. The van der Waals surface area contributed by atoms with Crippen molar-refractivity contribution < 1.29 is 322 Å². The summed E-state index contributed by atoms with van der Waals surface area (Å²) in [5.41, 5.74) is 0. The Labute approximate surface area is 747 Å². The third-order valence-electron chi connectivity index (χ3n) is 16.4. The first-order valence-corrected chi connectivity index (χ1v) is 56.0. The van der Waals surface area contributed by atoms with Gasteiger partial charge in [-0.3, -0.25) is 72.8 Å². The van der Waals surface area contributed by atoms with E-state index in [9.17, 15) is 208 Å². The largest absolute Gasteiger partial charge is 0.397 e. The second-order valence-electron chi connectivity index (χ2n) is 26.1. The fraction of sp³-hybridized carbons (Fsp3) is 1.00. The lowest BCUT2D eigenvalue weighted by Gasteiger charge is -2.51. The highest BCUT2D eigenvalue weighted by atomic mass is 32.3. The van der Waals surface area contributed by atoms with Gasteiger partial charge in [0.1, 0.15) is 97.7 Å². The van der Waals surface area contributed by atoms with Crippen LogP contribution in [0.25, 0.3) is 0 Å². The van der Waals surface area contributed by atoms with E-state index in [1.807, 2.05) is 6.92 Å². The second-order valence-corrected chi connectivity index (χ2v) is 43.1. The van der Waals surface area contributed by atoms with Crippen LogP contribution in [-0.4, -0.2) is 401 Å². The van der Waals surface area contributed by atoms with Gasteiger partial charge in [0.05, 0.1) is 33.0 Å². The molecule has 0 unspecified atom stereocenters. The van der Waals surface area contributed by atoms with Crippen molar-refractivity contribution in [3.63, 3.8) is 0 Å². The van der Waals surface area contributed by atoms with Crippen molar-refractivity contribution in [1.29, 1.82) is 0 Å². The van der Waals surface area contributed by atoms with Crippen molar-refractivity contribution in [2.45, 2.75) is 225 Å². The predicted octanol–water partition coefficient (Wildman–Crippen LogP) is -9.75. The van der Waals surface area contributed by atoms with Crippen LogP contribution in [0, 0.1) is 0 Å². The molecule has 16 N–H and O–H groups in total. The monoisotopic (exact) mass is 2280 g/mol. The van der Waals surface area contributed by atoms with Gasteiger partial charge in [0.25, 0.3) is 0 Å². The van der Waals surface area contributed by atoms with Crippen LogP contribution in [-0.2, 0) is 281 Å². The number of unbranched alkanes of at least 4 members (excludes halogenated alkanes) is 9. The van der Waals surface area contributed by atoms with E-state index in [1.54, 1.807) is 0 Å². The highest BCUT2D eigenvalue weighted by Crippen LogP contribution is 2.44. The van der Waals surface area contributed by atoms with E-state index >= 15 is 0 Å². The highest BCUT2D eigenvalue weighted by Gasteiger charge is 2.65. The summed E-state index contributed by atoms with van der Waals surface area (Å²) < 4.78 is 691. The van der Waals surface area contributed by atoms with Crippen molar-refractivity contribution >= 4 is 166 Å². The number of rotatable bonds is 57. The lowest BCUT2D eigenvalue weighted by molar-refractivity contribution is -0.388. The molecule has 5 heterocycles. The van der Waals surface area contributed by atoms with Crippen LogP contribution >= 0.6 is 0 Å². The smallest absolute Gasteiger partial charge is 0.350 e. The van der Waals surface area contributed by atoms with Crippen LogP contribution in [0.1, 0.15) is 71.1 Å². The summed E-state index contributed by atoms with van der Waals surface area (Å²) in [6.45, 7) is -10.8. The van der Waals surface area contributed by atoms with Crippen LogP contribution in [0.15, 0.2) is 0 Å². The third kappa shape index (κ3) is 45.6. The van der Waals surface area contributed by atoms with Crippen molar-refractivity contribution in [3.8, 4) is 0 Å².